The highest BCUT2D eigenvalue weighted by Crippen LogP contribution is 2.70. The van der Waals surface area contributed by atoms with Crippen molar-refractivity contribution >= 4 is 29.8 Å². The first-order chi connectivity index (χ1) is 19.7. The first-order valence-corrected chi connectivity index (χ1v) is 14.5. The van der Waals surface area contributed by atoms with Gasteiger partial charge >= 0.3 is 29.8 Å². The summed E-state index contributed by atoms with van der Waals surface area (Å²) >= 11 is 0. The van der Waals surface area contributed by atoms with Gasteiger partial charge < -0.3 is 28.4 Å². The number of hydrogen-bond donors (Lipinski definition) is 0. The standard InChI is InChI=1S/C31H42O11/c1-8-17(2)28(36)38-15-30-24(41-20(5)33)11-18(3)29(7,10-9-22-12-26(35)37-14-22)27(30)23(40-19(4)32)13-25(42-21(6)34)31(30)16-39-31/h8,12,18,23-25,27H,9-11,13-16H2,1-7H3/b17-8+/t18-,23-,24+,25+,27-,29+,30-,31?/m1/s1. The number of esters is 5. The first kappa shape index (κ1) is 31.7. The van der Waals surface area contributed by atoms with Crippen LogP contribution in [-0.2, 0) is 52.4 Å². The molecule has 3 fully saturated rings. The lowest BCUT2D eigenvalue weighted by atomic mass is 9.41. The number of epoxide rings is 1. The number of ether oxygens (including phenoxy) is 6. The number of cyclic esters (lactones) is 1. The molecule has 2 heterocycles. The van der Waals surface area contributed by atoms with E-state index >= 15 is 0 Å². The third-order valence-corrected chi connectivity index (χ3v) is 9.95. The fourth-order valence-corrected chi connectivity index (χ4v) is 7.70. The zero-order valence-electron chi connectivity index (χ0n) is 25.5. The van der Waals surface area contributed by atoms with Crippen molar-refractivity contribution in [2.24, 2.45) is 22.7 Å². The molecule has 0 aromatic carbocycles. The van der Waals surface area contributed by atoms with Gasteiger partial charge in [0.25, 0.3) is 0 Å². The lowest BCUT2D eigenvalue weighted by Crippen LogP contribution is -2.74. The van der Waals surface area contributed by atoms with Gasteiger partial charge in [-0.2, -0.15) is 0 Å². The fourth-order valence-electron chi connectivity index (χ4n) is 7.70. The van der Waals surface area contributed by atoms with Crippen LogP contribution in [-0.4, -0.2) is 73.6 Å². The van der Waals surface area contributed by atoms with Gasteiger partial charge in [0.2, 0.25) is 0 Å². The van der Waals surface area contributed by atoms with Crippen LogP contribution in [0.2, 0.25) is 0 Å². The molecular formula is C31H42O11. The Labute approximate surface area is 246 Å². The Morgan fingerprint density at radius 1 is 1.00 bits per heavy atom. The van der Waals surface area contributed by atoms with E-state index in [1.54, 1.807) is 19.9 Å². The Kier molecular flexibility index (Phi) is 8.92. The van der Waals surface area contributed by atoms with Gasteiger partial charge in [-0.05, 0) is 50.0 Å². The second-order valence-corrected chi connectivity index (χ2v) is 12.4. The summed E-state index contributed by atoms with van der Waals surface area (Å²) in [6.45, 7) is 11.6. The Morgan fingerprint density at radius 2 is 1.62 bits per heavy atom. The van der Waals surface area contributed by atoms with Crippen molar-refractivity contribution in [3.63, 3.8) is 0 Å². The van der Waals surface area contributed by atoms with E-state index in [9.17, 15) is 24.0 Å². The second kappa shape index (κ2) is 11.8. The van der Waals surface area contributed by atoms with Gasteiger partial charge in [0.15, 0.2) is 0 Å². The summed E-state index contributed by atoms with van der Waals surface area (Å²) in [5, 5.41) is 0. The van der Waals surface area contributed by atoms with E-state index in [1.807, 2.05) is 0 Å². The predicted molar refractivity (Wildman–Crippen MR) is 146 cm³/mol. The van der Waals surface area contributed by atoms with Gasteiger partial charge in [-0.3, -0.25) is 14.4 Å². The normalized spacial score (nSPS) is 37.2. The van der Waals surface area contributed by atoms with E-state index in [-0.39, 0.29) is 38.1 Å². The number of allylic oxidation sites excluding steroid dienone is 1. The number of hydrogen-bond acceptors (Lipinski definition) is 11. The van der Waals surface area contributed by atoms with Gasteiger partial charge in [0, 0.05) is 44.8 Å². The monoisotopic (exact) mass is 590 g/mol. The maximum Gasteiger partial charge on any atom is 0.333 e. The lowest BCUT2D eigenvalue weighted by molar-refractivity contribution is -0.275. The van der Waals surface area contributed by atoms with Gasteiger partial charge in [0.1, 0.15) is 37.1 Å². The zero-order valence-corrected chi connectivity index (χ0v) is 25.5. The van der Waals surface area contributed by atoms with Crippen LogP contribution in [0, 0.1) is 22.7 Å². The Bertz CT molecular complexity index is 1200. The van der Waals surface area contributed by atoms with Gasteiger partial charge in [-0.1, -0.05) is 19.9 Å². The number of fused-ring (bicyclic) bond motifs is 2. The van der Waals surface area contributed by atoms with Crippen molar-refractivity contribution in [3.05, 3.63) is 23.3 Å². The molecule has 0 aromatic rings. The zero-order chi connectivity index (χ0) is 31.0. The van der Waals surface area contributed by atoms with E-state index in [0.29, 0.717) is 24.8 Å². The highest BCUT2D eigenvalue weighted by molar-refractivity contribution is 5.87. The Hall–Kier alpha value is -3.21. The molecule has 0 aromatic heterocycles. The molecule has 0 N–H and O–H groups in total. The molecule has 2 saturated carbocycles. The number of rotatable bonds is 9. The van der Waals surface area contributed by atoms with Crippen LogP contribution < -0.4 is 0 Å². The molecular weight excluding hydrogens is 548 g/mol. The molecule has 1 saturated heterocycles. The maximum atomic E-state index is 13.1. The van der Waals surface area contributed by atoms with Crippen molar-refractivity contribution in [3.8, 4) is 0 Å². The minimum atomic E-state index is -1.24. The van der Waals surface area contributed by atoms with E-state index in [2.05, 4.69) is 13.8 Å². The highest BCUT2D eigenvalue weighted by atomic mass is 16.6. The topological polar surface area (TPSA) is 144 Å². The summed E-state index contributed by atoms with van der Waals surface area (Å²) in [4.78, 5) is 62.3. The third kappa shape index (κ3) is 5.59. The van der Waals surface area contributed by atoms with Crippen molar-refractivity contribution in [2.75, 3.05) is 19.8 Å². The van der Waals surface area contributed by atoms with Crippen molar-refractivity contribution in [2.45, 2.75) is 98.1 Å². The van der Waals surface area contributed by atoms with E-state index < -0.39 is 64.5 Å². The summed E-state index contributed by atoms with van der Waals surface area (Å²) in [7, 11) is 0. The molecule has 232 valence electrons. The summed E-state index contributed by atoms with van der Waals surface area (Å²) in [5.74, 6) is -3.13. The Morgan fingerprint density at radius 3 is 2.14 bits per heavy atom. The summed E-state index contributed by atoms with van der Waals surface area (Å²) < 4.78 is 35.2. The van der Waals surface area contributed by atoms with Crippen LogP contribution in [0.3, 0.4) is 0 Å². The van der Waals surface area contributed by atoms with Crippen LogP contribution >= 0.6 is 0 Å². The molecule has 42 heavy (non-hydrogen) atoms. The van der Waals surface area contributed by atoms with Gasteiger partial charge in [-0.25, -0.2) is 9.59 Å². The molecule has 1 spiro atoms. The van der Waals surface area contributed by atoms with Crippen LogP contribution in [0.15, 0.2) is 23.3 Å². The fraction of sp³-hybridized carbons (Fsp3) is 0.710. The smallest absolute Gasteiger partial charge is 0.333 e. The van der Waals surface area contributed by atoms with Gasteiger partial charge in [-0.15, -0.1) is 0 Å². The molecule has 11 heteroatoms. The second-order valence-electron chi connectivity index (χ2n) is 12.4. The van der Waals surface area contributed by atoms with Crippen molar-refractivity contribution in [1.29, 1.82) is 0 Å². The van der Waals surface area contributed by atoms with Crippen LogP contribution in [0.1, 0.15) is 74.1 Å². The average molecular weight is 591 g/mol. The molecule has 0 bridgehead atoms. The van der Waals surface area contributed by atoms with Crippen molar-refractivity contribution in [1.82, 2.24) is 0 Å². The molecule has 0 amide bonds. The molecule has 2 aliphatic heterocycles. The molecule has 8 atom stereocenters. The average Bonchev–Trinajstić information content (AvgIpc) is 3.60. The van der Waals surface area contributed by atoms with Gasteiger partial charge in [0.05, 0.1) is 12.0 Å². The largest absolute Gasteiger partial charge is 0.462 e. The first-order valence-electron chi connectivity index (χ1n) is 14.5. The Balaban J connectivity index is 1.91. The maximum absolute atomic E-state index is 13.1. The minimum Gasteiger partial charge on any atom is -0.462 e. The van der Waals surface area contributed by atoms with Crippen molar-refractivity contribution < 1.29 is 52.4 Å². The molecule has 2 aliphatic carbocycles. The molecule has 1 unspecified atom stereocenters. The van der Waals surface area contributed by atoms with Crippen LogP contribution in [0.25, 0.3) is 0 Å². The molecule has 4 rings (SSSR count). The SMILES string of the molecule is C/C=C(\C)C(=O)OC[C@@]12[C@@H](OC(C)=O)C[C@@H](C)[C@](C)(CCC3=CC(=O)OC3)[C@H]1[C@H](OC(C)=O)C[C@H](OC(C)=O)C21CO1. The number of carbonyl (C=O) groups is 5. The summed E-state index contributed by atoms with van der Waals surface area (Å²) in [5.41, 5.74) is -1.74. The van der Waals surface area contributed by atoms with E-state index in [0.717, 1.165) is 5.57 Å². The predicted octanol–water partition coefficient (Wildman–Crippen LogP) is 3.38. The quantitative estimate of drug-likeness (QED) is 0.169. The van der Waals surface area contributed by atoms with E-state index in [1.165, 1.54) is 26.8 Å². The van der Waals surface area contributed by atoms with Crippen LogP contribution in [0.5, 0.6) is 0 Å². The third-order valence-electron chi connectivity index (χ3n) is 9.95. The molecule has 0 radical (unpaired) electrons. The lowest BCUT2D eigenvalue weighted by Gasteiger charge is -2.65. The highest BCUT2D eigenvalue weighted by Gasteiger charge is 2.81. The minimum absolute atomic E-state index is 0.0642. The summed E-state index contributed by atoms with van der Waals surface area (Å²) in [6.07, 6.45) is 2.36. The van der Waals surface area contributed by atoms with Crippen LogP contribution in [0.4, 0.5) is 0 Å². The number of carbonyl (C=O) groups excluding carboxylic acids is 5. The van der Waals surface area contributed by atoms with E-state index in [4.69, 9.17) is 28.4 Å². The molecule has 4 aliphatic rings. The molecule has 11 nitrogen and oxygen atoms in total. The summed E-state index contributed by atoms with van der Waals surface area (Å²) in [6, 6.07) is 0.